The maximum Gasteiger partial charge on any atom is 0.251 e. The van der Waals surface area contributed by atoms with Gasteiger partial charge in [0.15, 0.2) is 0 Å². The molecule has 0 spiro atoms. The van der Waals surface area contributed by atoms with Crippen molar-refractivity contribution in [1.82, 2.24) is 0 Å². The van der Waals surface area contributed by atoms with Crippen molar-refractivity contribution in [2.75, 3.05) is 5.32 Å². The third kappa shape index (κ3) is 3.43. The standard InChI is InChI=1S/C14H15N3O2S/c15-11(8-9-4-2-1-3-5-9)13(19)17-14-10(12(16)18)6-7-20-14/h1-7,11H,8,15H2,(H2,16,18)(H,17,19). The Morgan fingerprint density at radius 1 is 1.20 bits per heavy atom. The van der Waals surface area contributed by atoms with E-state index in [1.165, 1.54) is 11.3 Å². The Balaban J connectivity index is 2.01. The molecule has 1 aromatic heterocycles. The van der Waals surface area contributed by atoms with Crippen LogP contribution in [0.1, 0.15) is 15.9 Å². The number of carbonyl (C=O) groups is 2. The highest BCUT2D eigenvalue weighted by molar-refractivity contribution is 7.14. The normalized spacial score (nSPS) is 11.8. The van der Waals surface area contributed by atoms with Crippen molar-refractivity contribution >= 4 is 28.2 Å². The minimum absolute atomic E-state index is 0.301. The molecule has 1 atom stereocenters. The van der Waals surface area contributed by atoms with E-state index in [0.29, 0.717) is 17.0 Å². The van der Waals surface area contributed by atoms with Crippen LogP contribution in [0.25, 0.3) is 0 Å². The second kappa shape index (κ2) is 6.31. The highest BCUT2D eigenvalue weighted by atomic mass is 32.1. The zero-order valence-electron chi connectivity index (χ0n) is 10.7. The number of carbonyl (C=O) groups excluding carboxylic acids is 2. The summed E-state index contributed by atoms with van der Waals surface area (Å²) in [5, 5.41) is 4.77. The van der Waals surface area contributed by atoms with Crippen molar-refractivity contribution in [2.45, 2.75) is 12.5 Å². The van der Waals surface area contributed by atoms with Crippen LogP contribution in [0.15, 0.2) is 41.8 Å². The molecule has 0 radical (unpaired) electrons. The van der Waals surface area contributed by atoms with Crippen molar-refractivity contribution in [3.05, 3.63) is 52.9 Å². The molecule has 1 aromatic carbocycles. The van der Waals surface area contributed by atoms with Gasteiger partial charge in [-0.1, -0.05) is 30.3 Å². The maximum absolute atomic E-state index is 12.0. The molecule has 6 heteroatoms. The van der Waals surface area contributed by atoms with Gasteiger partial charge in [0.05, 0.1) is 11.6 Å². The molecule has 0 bridgehead atoms. The molecule has 0 aliphatic rings. The van der Waals surface area contributed by atoms with Crippen molar-refractivity contribution < 1.29 is 9.59 Å². The van der Waals surface area contributed by atoms with Gasteiger partial charge in [-0.3, -0.25) is 9.59 Å². The van der Waals surface area contributed by atoms with Gasteiger partial charge in [-0.25, -0.2) is 0 Å². The second-order valence-electron chi connectivity index (χ2n) is 4.31. The molecule has 2 rings (SSSR count). The van der Waals surface area contributed by atoms with E-state index >= 15 is 0 Å². The molecule has 5 nitrogen and oxygen atoms in total. The number of thiophene rings is 1. The molecule has 1 heterocycles. The fraction of sp³-hybridized carbons (Fsp3) is 0.143. The first kappa shape index (κ1) is 14.2. The van der Waals surface area contributed by atoms with Crippen LogP contribution < -0.4 is 16.8 Å². The summed E-state index contributed by atoms with van der Waals surface area (Å²) in [5.74, 6) is -0.906. The highest BCUT2D eigenvalue weighted by Gasteiger charge is 2.17. The summed E-state index contributed by atoms with van der Waals surface area (Å²) in [6.07, 6.45) is 0.434. The molecule has 20 heavy (non-hydrogen) atoms. The minimum atomic E-state index is -0.680. The molecule has 0 aliphatic carbocycles. The summed E-state index contributed by atoms with van der Waals surface area (Å²) in [6.45, 7) is 0. The topological polar surface area (TPSA) is 98.2 Å². The van der Waals surface area contributed by atoms with Gasteiger partial charge in [0.25, 0.3) is 5.91 Å². The zero-order valence-corrected chi connectivity index (χ0v) is 11.5. The number of anilines is 1. The van der Waals surface area contributed by atoms with Gasteiger partial charge in [0.2, 0.25) is 5.91 Å². The van der Waals surface area contributed by atoms with E-state index in [2.05, 4.69) is 5.32 Å². The average molecular weight is 289 g/mol. The van der Waals surface area contributed by atoms with Gasteiger partial charge in [-0.05, 0) is 23.4 Å². The van der Waals surface area contributed by atoms with E-state index in [1.807, 2.05) is 30.3 Å². The van der Waals surface area contributed by atoms with E-state index in [-0.39, 0.29) is 5.91 Å². The summed E-state index contributed by atoms with van der Waals surface area (Å²) in [5.41, 5.74) is 12.4. The largest absolute Gasteiger partial charge is 0.366 e. The quantitative estimate of drug-likeness (QED) is 0.775. The lowest BCUT2D eigenvalue weighted by molar-refractivity contribution is -0.117. The van der Waals surface area contributed by atoms with E-state index < -0.39 is 11.9 Å². The number of nitrogens with one attached hydrogen (secondary N) is 1. The average Bonchev–Trinajstić information content (AvgIpc) is 2.88. The second-order valence-corrected chi connectivity index (χ2v) is 5.23. The van der Waals surface area contributed by atoms with Crippen LogP contribution in [-0.2, 0) is 11.2 Å². The Morgan fingerprint density at radius 2 is 1.90 bits per heavy atom. The SMILES string of the molecule is NC(=O)c1ccsc1NC(=O)C(N)Cc1ccccc1. The van der Waals surface area contributed by atoms with Crippen LogP contribution in [0.2, 0.25) is 0 Å². The number of benzene rings is 1. The molecule has 0 saturated carbocycles. The number of nitrogens with two attached hydrogens (primary N) is 2. The summed E-state index contributed by atoms with van der Waals surface area (Å²) < 4.78 is 0. The van der Waals surface area contributed by atoms with E-state index in [4.69, 9.17) is 11.5 Å². The third-order valence-corrected chi connectivity index (χ3v) is 3.63. The lowest BCUT2D eigenvalue weighted by Crippen LogP contribution is -2.37. The lowest BCUT2D eigenvalue weighted by atomic mass is 10.1. The molecule has 0 saturated heterocycles. The van der Waals surface area contributed by atoms with Crippen molar-refractivity contribution in [3.63, 3.8) is 0 Å². The van der Waals surface area contributed by atoms with Gasteiger partial charge in [0.1, 0.15) is 5.00 Å². The molecule has 104 valence electrons. The summed E-state index contributed by atoms with van der Waals surface area (Å²) in [7, 11) is 0. The molecule has 2 aromatic rings. The van der Waals surface area contributed by atoms with E-state index in [9.17, 15) is 9.59 Å². The first-order valence-electron chi connectivity index (χ1n) is 6.05. The van der Waals surface area contributed by atoms with Crippen LogP contribution in [0, 0.1) is 0 Å². The minimum Gasteiger partial charge on any atom is -0.366 e. The monoisotopic (exact) mass is 289 g/mol. The summed E-state index contributed by atoms with van der Waals surface area (Å²) >= 11 is 1.24. The van der Waals surface area contributed by atoms with Crippen LogP contribution in [0.3, 0.4) is 0 Å². The molecule has 1 unspecified atom stereocenters. The van der Waals surface area contributed by atoms with Crippen LogP contribution in [0.4, 0.5) is 5.00 Å². The highest BCUT2D eigenvalue weighted by Crippen LogP contribution is 2.22. The van der Waals surface area contributed by atoms with Gasteiger partial charge in [-0.2, -0.15) is 0 Å². The Labute approximate surface area is 120 Å². The number of rotatable bonds is 5. The number of primary amides is 1. The van der Waals surface area contributed by atoms with Gasteiger partial charge >= 0.3 is 0 Å². The summed E-state index contributed by atoms with van der Waals surface area (Å²) in [4.78, 5) is 23.2. The fourth-order valence-electron chi connectivity index (χ4n) is 1.77. The molecule has 0 aliphatic heterocycles. The predicted molar refractivity (Wildman–Crippen MR) is 79.6 cm³/mol. The smallest absolute Gasteiger partial charge is 0.251 e. The van der Waals surface area contributed by atoms with Gasteiger partial charge < -0.3 is 16.8 Å². The van der Waals surface area contributed by atoms with E-state index in [0.717, 1.165) is 5.56 Å². The summed E-state index contributed by atoms with van der Waals surface area (Å²) in [6, 6.07) is 10.4. The molecular weight excluding hydrogens is 274 g/mol. The number of hydrogen-bond acceptors (Lipinski definition) is 4. The van der Waals surface area contributed by atoms with Gasteiger partial charge in [0, 0.05) is 0 Å². The molecule has 5 N–H and O–H groups in total. The fourth-order valence-corrected chi connectivity index (χ4v) is 2.56. The molecular formula is C14H15N3O2S. The zero-order chi connectivity index (χ0) is 14.5. The first-order chi connectivity index (χ1) is 9.58. The van der Waals surface area contributed by atoms with Crippen molar-refractivity contribution in [3.8, 4) is 0 Å². The number of hydrogen-bond donors (Lipinski definition) is 3. The Morgan fingerprint density at radius 3 is 2.55 bits per heavy atom. The van der Waals surface area contributed by atoms with Crippen LogP contribution in [-0.4, -0.2) is 17.9 Å². The lowest BCUT2D eigenvalue weighted by Gasteiger charge is -2.12. The Bertz CT molecular complexity index is 610. The third-order valence-electron chi connectivity index (χ3n) is 2.80. The van der Waals surface area contributed by atoms with Gasteiger partial charge in [-0.15, -0.1) is 11.3 Å². The molecule has 0 fully saturated rings. The first-order valence-corrected chi connectivity index (χ1v) is 6.93. The molecule has 2 amide bonds. The Kier molecular flexibility index (Phi) is 4.49. The maximum atomic E-state index is 12.0. The predicted octanol–water partition coefficient (Wildman–Crippen LogP) is 1.36. The Hall–Kier alpha value is -2.18. The van der Waals surface area contributed by atoms with Crippen molar-refractivity contribution in [1.29, 1.82) is 0 Å². The van der Waals surface area contributed by atoms with Crippen molar-refractivity contribution in [2.24, 2.45) is 11.5 Å². The number of amides is 2. The van der Waals surface area contributed by atoms with Crippen LogP contribution in [0.5, 0.6) is 0 Å². The van der Waals surface area contributed by atoms with Crippen LogP contribution >= 0.6 is 11.3 Å². The van der Waals surface area contributed by atoms with E-state index in [1.54, 1.807) is 11.4 Å².